The Morgan fingerprint density at radius 3 is 2.62 bits per heavy atom. The summed E-state index contributed by atoms with van der Waals surface area (Å²) in [6.07, 6.45) is 3.21. The lowest BCUT2D eigenvalue weighted by Crippen LogP contribution is -1.96. The van der Waals surface area contributed by atoms with Crippen molar-refractivity contribution in [3.8, 4) is 11.8 Å². The number of rotatable bonds is 5. The molecule has 0 radical (unpaired) electrons. The van der Waals surface area contributed by atoms with E-state index in [-0.39, 0.29) is 12.4 Å². The van der Waals surface area contributed by atoms with Gasteiger partial charge < -0.3 is 4.74 Å². The maximum Gasteiger partial charge on any atom is 0.185 e. The van der Waals surface area contributed by atoms with Crippen molar-refractivity contribution in [2.24, 2.45) is 0 Å². The SMILES string of the molecule is N#CCOc1ccccc1/C=C/C(=O)c1ccc(I)cc1. The van der Waals surface area contributed by atoms with Gasteiger partial charge in [-0.05, 0) is 52.9 Å². The topological polar surface area (TPSA) is 50.1 Å². The molecule has 2 rings (SSSR count). The van der Waals surface area contributed by atoms with E-state index < -0.39 is 0 Å². The van der Waals surface area contributed by atoms with Crippen LogP contribution in [-0.2, 0) is 0 Å². The molecule has 0 unspecified atom stereocenters. The summed E-state index contributed by atoms with van der Waals surface area (Å²) in [6.45, 7) is -0.0179. The van der Waals surface area contributed by atoms with Crippen molar-refractivity contribution in [2.45, 2.75) is 0 Å². The summed E-state index contributed by atoms with van der Waals surface area (Å²) in [5, 5.41) is 8.56. The van der Waals surface area contributed by atoms with Crippen LogP contribution in [-0.4, -0.2) is 12.4 Å². The molecule has 0 bridgehead atoms. The molecular weight excluding hydrogens is 377 g/mol. The number of carbonyl (C=O) groups is 1. The van der Waals surface area contributed by atoms with Gasteiger partial charge in [-0.15, -0.1) is 0 Å². The fourth-order valence-electron chi connectivity index (χ4n) is 1.74. The summed E-state index contributed by atoms with van der Waals surface area (Å²) < 4.78 is 6.40. The van der Waals surface area contributed by atoms with Crippen LogP contribution in [0.15, 0.2) is 54.6 Å². The van der Waals surface area contributed by atoms with Gasteiger partial charge in [0, 0.05) is 14.7 Å². The predicted octanol–water partition coefficient (Wildman–Crippen LogP) is 4.09. The van der Waals surface area contributed by atoms with E-state index in [1.807, 2.05) is 36.4 Å². The lowest BCUT2D eigenvalue weighted by atomic mass is 10.1. The van der Waals surface area contributed by atoms with Crippen LogP contribution in [0.5, 0.6) is 5.75 Å². The van der Waals surface area contributed by atoms with Gasteiger partial charge in [0.1, 0.15) is 11.8 Å². The Hall–Kier alpha value is -2.13. The highest BCUT2D eigenvalue weighted by Gasteiger charge is 2.03. The maximum absolute atomic E-state index is 12.1. The fourth-order valence-corrected chi connectivity index (χ4v) is 2.10. The van der Waals surface area contributed by atoms with Gasteiger partial charge in [0.05, 0.1) is 0 Å². The highest BCUT2D eigenvalue weighted by Crippen LogP contribution is 2.19. The molecule has 0 aliphatic rings. The molecule has 0 saturated carbocycles. The summed E-state index contributed by atoms with van der Waals surface area (Å²) in [6, 6.07) is 16.6. The number of carbonyl (C=O) groups excluding carboxylic acids is 1. The summed E-state index contributed by atoms with van der Waals surface area (Å²) >= 11 is 2.20. The molecule has 0 N–H and O–H groups in total. The first-order valence-electron chi connectivity index (χ1n) is 6.27. The molecule has 104 valence electrons. The smallest absolute Gasteiger partial charge is 0.185 e. The molecule has 0 saturated heterocycles. The van der Waals surface area contributed by atoms with E-state index in [4.69, 9.17) is 10.00 Å². The molecule has 2 aromatic rings. The van der Waals surface area contributed by atoms with Crippen LogP contribution in [0.3, 0.4) is 0 Å². The molecule has 0 spiro atoms. The summed E-state index contributed by atoms with van der Waals surface area (Å²) in [5.74, 6) is 0.521. The van der Waals surface area contributed by atoms with Crippen molar-refractivity contribution in [3.63, 3.8) is 0 Å². The van der Waals surface area contributed by atoms with Crippen molar-refractivity contribution in [2.75, 3.05) is 6.61 Å². The maximum atomic E-state index is 12.1. The average Bonchev–Trinajstić information content (AvgIpc) is 2.52. The molecule has 2 aromatic carbocycles. The van der Waals surface area contributed by atoms with Crippen molar-refractivity contribution in [3.05, 3.63) is 69.3 Å². The summed E-state index contributed by atoms with van der Waals surface area (Å²) in [5.41, 5.74) is 1.41. The molecule has 4 heteroatoms. The van der Waals surface area contributed by atoms with Gasteiger partial charge in [0.2, 0.25) is 0 Å². The minimum atomic E-state index is -0.0681. The molecule has 0 aliphatic heterocycles. The van der Waals surface area contributed by atoms with Crippen molar-refractivity contribution >= 4 is 34.5 Å². The molecule has 21 heavy (non-hydrogen) atoms. The first-order valence-corrected chi connectivity index (χ1v) is 7.35. The zero-order valence-corrected chi connectivity index (χ0v) is 13.3. The second kappa shape index (κ2) is 7.60. The van der Waals surface area contributed by atoms with Crippen molar-refractivity contribution in [1.82, 2.24) is 0 Å². The van der Waals surface area contributed by atoms with Crippen LogP contribution in [0.1, 0.15) is 15.9 Å². The van der Waals surface area contributed by atoms with E-state index in [1.54, 1.807) is 24.3 Å². The number of ketones is 1. The molecule has 0 aromatic heterocycles. The molecule has 0 fully saturated rings. The van der Waals surface area contributed by atoms with E-state index in [9.17, 15) is 4.79 Å². The third-order valence-corrected chi connectivity index (χ3v) is 3.47. The number of nitrogens with zero attached hydrogens (tertiary/aromatic N) is 1. The second-order valence-electron chi connectivity index (χ2n) is 4.19. The first-order chi connectivity index (χ1) is 10.2. The van der Waals surface area contributed by atoms with E-state index in [0.29, 0.717) is 11.3 Å². The van der Waals surface area contributed by atoms with Gasteiger partial charge in [-0.3, -0.25) is 4.79 Å². The number of nitriles is 1. The van der Waals surface area contributed by atoms with Gasteiger partial charge in [-0.25, -0.2) is 0 Å². The lowest BCUT2D eigenvalue weighted by molar-refractivity contribution is 0.104. The third kappa shape index (κ3) is 4.43. The minimum Gasteiger partial charge on any atom is -0.478 e. The Bertz CT molecular complexity index is 699. The molecule has 3 nitrogen and oxygen atoms in total. The van der Waals surface area contributed by atoms with Crippen LogP contribution in [0.25, 0.3) is 6.08 Å². The van der Waals surface area contributed by atoms with E-state index >= 15 is 0 Å². The number of para-hydroxylation sites is 1. The monoisotopic (exact) mass is 389 g/mol. The molecule has 0 atom stereocenters. The highest BCUT2D eigenvalue weighted by molar-refractivity contribution is 14.1. The Balaban J connectivity index is 2.15. The minimum absolute atomic E-state index is 0.0179. The number of ether oxygens (including phenoxy) is 1. The third-order valence-electron chi connectivity index (χ3n) is 2.75. The molecule has 0 amide bonds. The Kier molecular flexibility index (Phi) is 5.52. The quantitative estimate of drug-likeness (QED) is 0.440. The number of allylic oxidation sites excluding steroid dienone is 1. The van der Waals surface area contributed by atoms with Gasteiger partial charge in [-0.1, -0.05) is 30.3 Å². The molecule has 0 heterocycles. The average molecular weight is 389 g/mol. The van der Waals surface area contributed by atoms with Crippen LogP contribution in [0, 0.1) is 14.9 Å². The summed E-state index contributed by atoms with van der Waals surface area (Å²) in [4.78, 5) is 12.1. The van der Waals surface area contributed by atoms with Crippen LogP contribution in [0.2, 0.25) is 0 Å². The van der Waals surface area contributed by atoms with Crippen LogP contribution < -0.4 is 4.74 Å². The zero-order valence-electron chi connectivity index (χ0n) is 11.1. The second-order valence-corrected chi connectivity index (χ2v) is 5.43. The lowest BCUT2D eigenvalue weighted by Gasteiger charge is -2.05. The van der Waals surface area contributed by atoms with Gasteiger partial charge >= 0.3 is 0 Å². The number of hydrogen-bond acceptors (Lipinski definition) is 3. The van der Waals surface area contributed by atoms with Crippen LogP contribution in [0.4, 0.5) is 0 Å². The van der Waals surface area contributed by atoms with Gasteiger partial charge in [0.25, 0.3) is 0 Å². The highest BCUT2D eigenvalue weighted by atomic mass is 127. The Labute approximate surface area is 137 Å². The number of hydrogen-bond donors (Lipinski definition) is 0. The van der Waals surface area contributed by atoms with Gasteiger partial charge in [0.15, 0.2) is 12.4 Å². The Morgan fingerprint density at radius 1 is 1.19 bits per heavy atom. The Morgan fingerprint density at radius 2 is 1.90 bits per heavy atom. The fraction of sp³-hybridized carbons (Fsp3) is 0.0588. The largest absolute Gasteiger partial charge is 0.478 e. The van der Waals surface area contributed by atoms with Crippen molar-refractivity contribution < 1.29 is 9.53 Å². The number of halogens is 1. The molecule has 0 aliphatic carbocycles. The van der Waals surface area contributed by atoms with E-state index in [0.717, 1.165) is 9.13 Å². The summed E-state index contributed by atoms with van der Waals surface area (Å²) in [7, 11) is 0. The zero-order chi connectivity index (χ0) is 15.1. The molecular formula is C17H12INO2. The number of benzene rings is 2. The van der Waals surface area contributed by atoms with Gasteiger partial charge in [-0.2, -0.15) is 5.26 Å². The first kappa shape index (κ1) is 15.3. The van der Waals surface area contributed by atoms with Crippen LogP contribution >= 0.6 is 22.6 Å². The normalized spacial score (nSPS) is 10.3. The van der Waals surface area contributed by atoms with E-state index in [2.05, 4.69) is 22.6 Å². The predicted molar refractivity (Wildman–Crippen MR) is 90.1 cm³/mol. The van der Waals surface area contributed by atoms with Crippen molar-refractivity contribution in [1.29, 1.82) is 5.26 Å². The van der Waals surface area contributed by atoms with E-state index in [1.165, 1.54) is 6.08 Å². The standard InChI is InChI=1S/C17H12INO2/c18-15-8-5-13(6-9-15)16(20)10-7-14-3-1-2-4-17(14)21-12-11-19/h1-10H,12H2/b10-7+.